The molecule has 1 aromatic rings. The Morgan fingerprint density at radius 3 is 3.00 bits per heavy atom. The Bertz CT molecular complexity index is 282. The lowest BCUT2D eigenvalue weighted by molar-refractivity contribution is -0.121. The van der Waals surface area contributed by atoms with Crippen LogP contribution in [0.5, 0.6) is 0 Å². The molecule has 0 saturated heterocycles. The molecular weight excluding hydrogens is 202 g/mol. The Balaban J connectivity index is 1.98. The third kappa shape index (κ3) is 5.53. The van der Waals surface area contributed by atoms with E-state index in [2.05, 4.69) is 22.2 Å². The molecule has 0 aliphatic carbocycles. The summed E-state index contributed by atoms with van der Waals surface area (Å²) in [6.45, 7) is 2.84. The van der Waals surface area contributed by atoms with Crippen LogP contribution in [0.3, 0.4) is 0 Å². The third-order valence-electron chi connectivity index (χ3n) is 2.50. The van der Waals surface area contributed by atoms with E-state index in [0.29, 0.717) is 13.0 Å². The molecule has 2 N–H and O–H groups in total. The first-order chi connectivity index (χ1) is 7.83. The number of rotatable bonds is 8. The minimum atomic E-state index is 0.155. The highest BCUT2D eigenvalue weighted by Gasteiger charge is 2.01. The molecule has 1 rings (SSSR count). The fourth-order valence-corrected chi connectivity index (χ4v) is 1.56. The molecule has 4 nitrogen and oxygen atoms in total. The van der Waals surface area contributed by atoms with Crippen molar-refractivity contribution in [3.63, 3.8) is 0 Å². The molecule has 16 heavy (non-hydrogen) atoms. The van der Waals surface area contributed by atoms with Crippen molar-refractivity contribution in [3.8, 4) is 0 Å². The van der Waals surface area contributed by atoms with Crippen LogP contribution in [0.15, 0.2) is 12.4 Å². The van der Waals surface area contributed by atoms with Gasteiger partial charge in [0.15, 0.2) is 0 Å². The van der Waals surface area contributed by atoms with E-state index in [-0.39, 0.29) is 5.91 Å². The normalized spacial score (nSPS) is 10.3. The summed E-state index contributed by atoms with van der Waals surface area (Å²) in [6, 6.07) is 0. The van der Waals surface area contributed by atoms with Gasteiger partial charge >= 0.3 is 0 Å². The maximum atomic E-state index is 11.4. The number of unbranched alkanes of at least 4 members (excludes halogenated alkanes) is 3. The standard InChI is InChI=1S/C12H21N3O/c1-2-3-4-5-6-12(16)15-8-7-11-13-9-10-14-11/h9-10H,2-8H2,1H3,(H,13,14)(H,15,16). The number of imidazole rings is 1. The average molecular weight is 223 g/mol. The molecule has 0 saturated carbocycles. The first kappa shape index (κ1) is 12.7. The molecule has 4 heteroatoms. The highest BCUT2D eigenvalue weighted by molar-refractivity contribution is 5.75. The van der Waals surface area contributed by atoms with Gasteiger partial charge in [0.1, 0.15) is 5.82 Å². The summed E-state index contributed by atoms with van der Waals surface area (Å²) in [5.74, 6) is 1.08. The molecule has 1 amide bonds. The Hall–Kier alpha value is -1.32. The second-order valence-corrected chi connectivity index (χ2v) is 3.95. The summed E-state index contributed by atoms with van der Waals surface area (Å²) >= 11 is 0. The lowest BCUT2D eigenvalue weighted by atomic mass is 10.1. The quantitative estimate of drug-likeness (QED) is 0.663. The van der Waals surface area contributed by atoms with E-state index in [0.717, 1.165) is 25.1 Å². The lowest BCUT2D eigenvalue weighted by Gasteiger charge is -2.03. The summed E-state index contributed by atoms with van der Waals surface area (Å²) in [4.78, 5) is 18.5. The second-order valence-electron chi connectivity index (χ2n) is 3.95. The van der Waals surface area contributed by atoms with Crippen molar-refractivity contribution in [2.75, 3.05) is 6.54 Å². The molecular formula is C12H21N3O. The summed E-state index contributed by atoms with van der Waals surface area (Å²) < 4.78 is 0. The fourth-order valence-electron chi connectivity index (χ4n) is 1.56. The minimum Gasteiger partial charge on any atom is -0.356 e. The van der Waals surface area contributed by atoms with Crippen molar-refractivity contribution >= 4 is 5.91 Å². The number of amides is 1. The first-order valence-electron chi connectivity index (χ1n) is 6.08. The average Bonchev–Trinajstić information content (AvgIpc) is 2.77. The van der Waals surface area contributed by atoms with Gasteiger partial charge in [-0.05, 0) is 6.42 Å². The van der Waals surface area contributed by atoms with Gasteiger partial charge in [-0.15, -0.1) is 0 Å². The van der Waals surface area contributed by atoms with Crippen molar-refractivity contribution in [2.45, 2.75) is 45.4 Å². The smallest absolute Gasteiger partial charge is 0.220 e. The predicted octanol–water partition coefficient (Wildman–Crippen LogP) is 2.04. The van der Waals surface area contributed by atoms with Crippen LogP contribution in [-0.2, 0) is 11.2 Å². The SMILES string of the molecule is CCCCCCC(=O)NCCc1ncc[nH]1. The summed E-state index contributed by atoms with van der Waals surface area (Å²) in [5, 5.41) is 2.90. The molecule has 0 atom stereocenters. The van der Waals surface area contributed by atoms with Gasteiger partial charge in [0.05, 0.1) is 0 Å². The predicted molar refractivity (Wildman–Crippen MR) is 64.1 cm³/mol. The lowest BCUT2D eigenvalue weighted by Crippen LogP contribution is -2.25. The van der Waals surface area contributed by atoms with Crippen LogP contribution in [0, 0.1) is 0 Å². The molecule has 0 aliphatic rings. The van der Waals surface area contributed by atoms with E-state index in [1.165, 1.54) is 12.8 Å². The van der Waals surface area contributed by atoms with E-state index >= 15 is 0 Å². The molecule has 0 bridgehead atoms. The van der Waals surface area contributed by atoms with Crippen LogP contribution in [0.4, 0.5) is 0 Å². The number of aromatic nitrogens is 2. The van der Waals surface area contributed by atoms with Gasteiger partial charge in [0.25, 0.3) is 0 Å². The molecule has 1 heterocycles. The maximum Gasteiger partial charge on any atom is 0.220 e. The maximum absolute atomic E-state index is 11.4. The minimum absolute atomic E-state index is 0.155. The highest BCUT2D eigenvalue weighted by atomic mass is 16.1. The molecule has 90 valence electrons. The number of H-pyrrole nitrogens is 1. The summed E-state index contributed by atoms with van der Waals surface area (Å²) in [6.07, 6.45) is 9.53. The van der Waals surface area contributed by atoms with Crippen LogP contribution in [-0.4, -0.2) is 22.4 Å². The summed E-state index contributed by atoms with van der Waals surface area (Å²) in [5.41, 5.74) is 0. The van der Waals surface area contributed by atoms with Crippen molar-refractivity contribution in [1.29, 1.82) is 0 Å². The van der Waals surface area contributed by atoms with Gasteiger partial charge < -0.3 is 10.3 Å². The third-order valence-corrected chi connectivity index (χ3v) is 2.50. The van der Waals surface area contributed by atoms with Crippen LogP contribution in [0.1, 0.15) is 44.9 Å². The highest BCUT2D eigenvalue weighted by Crippen LogP contribution is 2.01. The number of hydrogen-bond donors (Lipinski definition) is 2. The van der Waals surface area contributed by atoms with Gasteiger partial charge in [0, 0.05) is 31.8 Å². The van der Waals surface area contributed by atoms with Gasteiger partial charge in [-0.2, -0.15) is 0 Å². The second kappa shape index (κ2) is 7.91. The van der Waals surface area contributed by atoms with Crippen LogP contribution in [0.25, 0.3) is 0 Å². The van der Waals surface area contributed by atoms with E-state index in [4.69, 9.17) is 0 Å². The van der Waals surface area contributed by atoms with Crippen molar-refractivity contribution in [1.82, 2.24) is 15.3 Å². The fraction of sp³-hybridized carbons (Fsp3) is 0.667. The van der Waals surface area contributed by atoms with E-state index in [1.807, 2.05) is 0 Å². The number of nitrogens with one attached hydrogen (secondary N) is 2. The zero-order chi connectivity index (χ0) is 11.6. The number of carbonyl (C=O) groups is 1. The number of aromatic amines is 1. The topological polar surface area (TPSA) is 57.8 Å². The van der Waals surface area contributed by atoms with Crippen LogP contribution >= 0.6 is 0 Å². The molecule has 0 fully saturated rings. The molecule has 0 spiro atoms. The van der Waals surface area contributed by atoms with Crippen LogP contribution in [0.2, 0.25) is 0 Å². The van der Waals surface area contributed by atoms with E-state index < -0.39 is 0 Å². The Morgan fingerprint density at radius 2 is 2.31 bits per heavy atom. The monoisotopic (exact) mass is 223 g/mol. The molecule has 0 unspecified atom stereocenters. The molecule has 0 aliphatic heterocycles. The number of hydrogen-bond acceptors (Lipinski definition) is 2. The Labute approximate surface area is 96.9 Å². The van der Waals surface area contributed by atoms with Gasteiger partial charge in [0.2, 0.25) is 5.91 Å². The van der Waals surface area contributed by atoms with Crippen molar-refractivity contribution in [3.05, 3.63) is 18.2 Å². The Kier molecular flexibility index (Phi) is 6.30. The molecule has 0 radical (unpaired) electrons. The van der Waals surface area contributed by atoms with Crippen molar-refractivity contribution < 1.29 is 4.79 Å². The number of carbonyl (C=O) groups excluding carboxylic acids is 1. The van der Waals surface area contributed by atoms with E-state index in [9.17, 15) is 4.79 Å². The molecule has 1 aromatic heterocycles. The Morgan fingerprint density at radius 1 is 1.44 bits per heavy atom. The number of nitrogens with zero attached hydrogens (tertiary/aromatic N) is 1. The van der Waals surface area contributed by atoms with Gasteiger partial charge in [-0.25, -0.2) is 4.98 Å². The summed E-state index contributed by atoms with van der Waals surface area (Å²) in [7, 11) is 0. The van der Waals surface area contributed by atoms with Crippen molar-refractivity contribution in [2.24, 2.45) is 0 Å². The van der Waals surface area contributed by atoms with Gasteiger partial charge in [-0.1, -0.05) is 26.2 Å². The van der Waals surface area contributed by atoms with E-state index in [1.54, 1.807) is 12.4 Å². The molecule has 0 aromatic carbocycles. The zero-order valence-electron chi connectivity index (χ0n) is 9.96. The first-order valence-corrected chi connectivity index (χ1v) is 6.08. The zero-order valence-corrected chi connectivity index (χ0v) is 9.96. The van der Waals surface area contributed by atoms with Gasteiger partial charge in [-0.3, -0.25) is 4.79 Å². The van der Waals surface area contributed by atoms with Crippen LogP contribution < -0.4 is 5.32 Å². The largest absolute Gasteiger partial charge is 0.356 e.